The second kappa shape index (κ2) is 3.92. The van der Waals surface area contributed by atoms with Crippen LogP contribution < -0.4 is 10.5 Å². The molecule has 0 saturated heterocycles. The number of nitrogen functional groups attached to an aromatic ring is 1. The first-order chi connectivity index (χ1) is 6.54. The standard InChI is InChI=1S/C9H8F2N2O/c1-5-7(13)2-6(4-12)3-8(5)14-9(10)11/h2-3,9H,13H2,1H3. The van der Waals surface area contributed by atoms with Crippen LogP contribution in [0.2, 0.25) is 0 Å². The summed E-state index contributed by atoms with van der Waals surface area (Å²) in [4.78, 5) is 0. The van der Waals surface area contributed by atoms with Crippen molar-refractivity contribution < 1.29 is 13.5 Å². The second-order valence-electron chi connectivity index (χ2n) is 2.68. The number of nitriles is 1. The molecule has 0 aliphatic carbocycles. The van der Waals surface area contributed by atoms with Gasteiger partial charge < -0.3 is 10.5 Å². The highest BCUT2D eigenvalue weighted by atomic mass is 19.3. The summed E-state index contributed by atoms with van der Waals surface area (Å²) >= 11 is 0. The van der Waals surface area contributed by atoms with E-state index in [-0.39, 0.29) is 17.0 Å². The average molecular weight is 198 g/mol. The van der Waals surface area contributed by atoms with Gasteiger partial charge in [0, 0.05) is 11.3 Å². The lowest BCUT2D eigenvalue weighted by molar-refractivity contribution is -0.0502. The number of hydrogen-bond donors (Lipinski definition) is 1. The van der Waals surface area contributed by atoms with Crippen LogP contribution in [-0.2, 0) is 0 Å². The first-order valence-electron chi connectivity index (χ1n) is 3.79. The topological polar surface area (TPSA) is 59.0 Å². The van der Waals surface area contributed by atoms with Gasteiger partial charge in [0.15, 0.2) is 0 Å². The van der Waals surface area contributed by atoms with Crippen LogP contribution in [-0.4, -0.2) is 6.61 Å². The van der Waals surface area contributed by atoms with Crippen LogP contribution in [0.15, 0.2) is 12.1 Å². The maximum atomic E-state index is 11.9. The molecule has 0 aromatic heterocycles. The lowest BCUT2D eigenvalue weighted by atomic mass is 10.1. The predicted octanol–water partition coefficient (Wildman–Crippen LogP) is 2.05. The van der Waals surface area contributed by atoms with Crippen molar-refractivity contribution in [1.82, 2.24) is 0 Å². The van der Waals surface area contributed by atoms with E-state index >= 15 is 0 Å². The molecule has 3 nitrogen and oxygen atoms in total. The molecule has 0 radical (unpaired) electrons. The molecular formula is C9H8F2N2O. The zero-order valence-corrected chi connectivity index (χ0v) is 7.42. The molecule has 0 aliphatic heterocycles. The van der Waals surface area contributed by atoms with Crippen LogP contribution in [0.4, 0.5) is 14.5 Å². The Morgan fingerprint density at radius 2 is 2.14 bits per heavy atom. The Bertz CT molecular complexity index is 385. The van der Waals surface area contributed by atoms with E-state index in [0.717, 1.165) is 0 Å². The van der Waals surface area contributed by atoms with Gasteiger partial charge in [0.2, 0.25) is 0 Å². The molecule has 0 fully saturated rings. The molecule has 5 heteroatoms. The number of anilines is 1. The van der Waals surface area contributed by atoms with Crippen LogP contribution in [0, 0.1) is 18.3 Å². The molecular weight excluding hydrogens is 190 g/mol. The molecule has 1 rings (SSSR count). The summed E-state index contributed by atoms with van der Waals surface area (Å²) in [5, 5.41) is 8.56. The zero-order chi connectivity index (χ0) is 10.7. The fraction of sp³-hybridized carbons (Fsp3) is 0.222. The number of hydrogen-bond acceptors (Lipinski definition) is 3. The number of halogens is 2. The highest BCUT2D eigenvalue weighted by Gasteiger charge is 2.10. The molecule has 14 heavy (non-hydrogen) atoms. The summed E-state index contributed by atoms with van der Waals surface area (Å²) in [5.41, 5.74) is 6.37. The van der Waals surface area contributed by atoms with Crippen molar-refractivity contribution in [2.45, 2.75) is 13.5 Å². The van der Waals surface area contributed by atoms with Crippen molar-refractivity contribution in [2.24, 2.45) is 0 Å². The van der Waals surface area contributed by atoms with E-state index in [2.05, 4.69) is 4.74 Å². The van der Waals surface area contributed by atoms with Crippen LogP contribution in [0.5, 0.6) is 5.75 Å². The normalized spacial score (nSPS) is 9.93. The molecule has 1 aromatic carbocycles. The zero-order valence-electron chi connectivity index (χ0n) is 7.42. The Balaban J connectivity index is 3.15. The summed E-state index contributed by atoms with van der Waals surface area (Å²) in [6.07, 6.45) is 0. The van der Waals surface area contributed by atoms with Crippen molar-refractivity contribution in [3.05, 3.63) is 23.3 Å². The fourth-order valence-corrected chi connectivity index (χ4v) is 0.992. The minimum atomic E-state index is -2.91. The quantitative estimate of drug-likeness (QED) is 0.740. The molecule has 0 bridgehead atoms. The Hall–Kier alpha value is -1.83. The Labute approximate surface area is 79.7 Å². The number of benzene rings is 1. The summed E-state index contributed by atoms with van der Waals surface area (Å²) in [7, 11) is 0. The van der Waals surface area contributed by atoms with Gasteiger partial charge in [-0.05, 0) is 19.1 Å². The SMILES string of the molecule is Cc1c(N)cc(C#N)cc1OC(F)F. The maximum absolute atomic E-state index is 11.9. The van der Waals surface area contributed by atoms with Crippen molar-refractivity contribution in [1.29, 1.82) is 5.26 Å². The fourth-order valence-electron chi connectivity index (χ4n) is 0.992. The number of alkyl halides is 2. The highest BCUT2D eigenvalue weighted by molar-refractivity contribution is 5.58. The van der Waals surface area contributed by atoms with Crippen LogP contribution in [0.1, 0.15) is 11.1 Å². The van der Waals surface area contributed by atoms with Gasteiger partial charge in [-0.15, -0.1) is 0 Å². The Morgan fingerprint density at radius 1 is 1.50 bits per heavy atom. The number of ether oxygens (including phenoxy) is 1. The number of nitrogens with two attached hydrogens (primary N) is 1. The second-order valence-corrected chi connectivity index (χ2v) is 2.68. The van der Waals surface area contributed by atoms with E-state index in [0.29, 0.717) is 5.56 Å². The summed E-state index contributed by atoms with van der Waals surface area (Å²) < 4.78 is 28.0. The van der Waals surface area contributed by atoms with Crippen molar-refractivity contribution in [3.63, 3.8) is 0 Å². The molecule has 0 amide bonds. The average Bonchev–Trinajstić information content (AvgIpc) is 2.11. The smallest absolute Gasteiger partial charge is 0.387 e. The van der Waals surface area contributed by atoms with Crippen LogP contribution >= 0.6 is 0 Å². The highest BCUT2D eigenvalue weighted by Crippen LogP contribution is 2.26. The molecule has 0 atom stereocenters. The molecule has 0 unspecified atom stereocenters. The van der Waals surface area contributed by atoms with E-state index in [1.54, 1.807) is 13.0 Å². The first kappa shape index (κ1) is 10.3. The molecule has 0 heterocycles. The largest absolute Gasteiger partial charge is 0.434 e. The minimum absolute atomic E-state index is 0.0587. The summed E-state index contributed by atoms with van der Waals surface area (Å²) in [6.45, 7) is -1.36. The van der Waals surface area contributed by atoms with Crippen molar-refractivity contribution in [3.8, 4) is 11.8 Å². The maximum Gasteiger partial charge on any atom is 0.387 e. The first-order valence-corrected chi connectivity index (χ1v) is 3.79. The third-order valence-electron chi connectivity index (χ3n) is 1.75. The van der Waals surface area contributed by atoms with Gasteiger partial charge in [0.1, 0.15) is 5.75 Å². The minimum Gasteiger partial charge on any atom is -0.434 e. The lowest BCUT2D eigenvalue weighted by Gasteiger charge is -2.09. The number of nitrogens with zero attached hydrogens (tertiary/aromatic N) is 1. The number of rotatable bonds is 2. The summed E-state index contributed by atoms with van der Waals surface area (Å²) in [6, 6.07) is 4.45. The third kappa shape index (κ3) is 2.10. The van der Waals surface area contributed by atoms with Crippen molar-refractivity contribution in [2.75, 3.05) is 5.73 Å². The van der Waals surface area contributed by atoms with Gasteiger partial charge in [0.25, 0.3) is 0 Å². The van der Waals surface area contributed by atoms with E-state index in [9.17, 15) is 8.78 Å². The monoisotopic (exact) mass is 198 g/mol. The van der Waals surface area contributed by atoms with Gasteiger partial charge in [-0.2, -0.15) is 14.0 Å². The van der Waals surface area contributed by atoms with E-state index in [1.165, 1.54) is 12.1 Å². The third-order valence-corrected chi connectivity index (χ3v) is 1.75. The van der Waals surface area contributed by atoms with Crippen LogP contribution in [0.3, 0.4) is 0 Å². The van der Waals surface area contributed by atoms with Gasteiger partial charge in [-0.1, -0.05) is 0 Å². The predicted molar refractivity (Wildman–Crippen MR) is 46.9 cm³/mol. The Kier molecular flexibility index (Phi) is 2.87. The van der Waals surface area contributed by atoms with Crippen LogP contribution in [0.25, 0.3) is 0 Å². The molecule has 0 saturated carbocycles. The van der Waals surface area contributed by atoms with E-state index in [1.807, 2.05) is 0 Å². The van der Waals surface area contributed by atoms with Crippen molar-refractivity contribution >= 4 is 5.69 Å². The van der Waals surface area contributed by atoms with Gasteiger partial charge in [0.05, 0.1) is 11.6 Å². The van der Waals surface area contributed by atoms with E-state index in [4.69, 9.17) is 11.0 Å². The van der Waals surface area contributed by atoms with Gasteiger partial charge in [-0.3, -0.25) is 0 Å². The molecule has 74 valence electrons. The van der Waals surface area contributed by atoms with Gasteiger partial charge >= 0.3 is 6.61 Å². The molecule has 0 spiro atoms. The van der Waals surface area contributed by atoms with E-state index < -0.39 is 6.61 Å². The lowest BCUT2D eigenvalue weighted by Crippen LogP contribution is -2.05. The van der Waals surface area contributed by atoms with Gasteiger partial charge in [-0.25, -0.2) is 0 Å². The Morgan fingerprint density at radius 3 is 2.64 bits per heavy atom. The molecule has 1 aromatic rings. The molecule has 0 aliphatic rings. The summed E-state index contributed by atoms with van der Waals surface area (Å²) in [5.74, 6) is -0.0587. The molecule has 2 N–H and O–H groups in total.